The summed E-state index contributed by atoms with van der Waals surface area (Å²) in [5.41, 5.74) is 6.03. The summed E-state index contributed by atoms with van der Waals surface area (Å²) in [6, 6.07) is 4.82. The summed E-state index contributed by atoms with van der Waals surface area (Å²) >= 11 is 5.86. The first-order valence-corrected chi connectivity index (χ1v) is 6.75. The molecule has 1 aromatic carbocycles. The fourth-order valence-electron chi connectivity index (χ4n) is 2.53. The van der Waals surface area contributed by atoms with E-state index in [9.17, 15) is 9.59 Å². The van der Waals surface area contributed by atoms with E-state index >= 15 is 0 Å². The van der Waals surface area contributed by atoms with Crippen LogP contribution in [0, 0.1) is 5.41 Å². The molecule has 0 radical (unpaired) electrons. The second-order valence-corrected chi connectivity index (χ2v) is 5.31. The van der Waals surface area contributed by atoms with Gasteiger partial charge < -0.3 is 5.73 Å². The lowest BCUT2D eigenvalue weighted by molar-refractivity contribution is -0.126. The summed E-state index contributed by atoms with van der Waals surface area (Å²) in [7, 11) is 0. The Bertz CT molecular complexity index is 538. The highest BCUT2D eigenvalue weighted by Gasteiger charge is 2.49. The maximum Gasteiger partial charge on any atom is 0.240 e. The van der Waals surface area contributed by atoms with E-state index in [0.717, 1.165) is 0 Å². The zero-order valence-corrected chi connectivity index (χ0v) is 11.8. The molecule has 102 valence electrons. The van der Waals surface area contributed by atoms with E-state index in [1.165, 1.54) is 4.90 Å². The van der Waals surface area contributed by atoms with E-state index in [-0.39, 0.29) is 18.2 Å². The van der Waals surface area contributed by atoms with Crippen molar-refractivity contribution in [1.29, 1.82) is 0 Å². The van der Waals surface area contributed by atoms with Crippen molar-refractivity contribution in [3.63, 3.8) is 0 Å². The molecule has 0 aliphatic carbocycles. The molecule has 0 bridgehead atoms. The summed E-state index contributed by atoms with van der Waals surface area (Å²) in [6.45, 7) is 3.88. The first kappa shape index (κ1) is 13.9. The standard InChI is InChI=1S/C14H17ClN2O2/c1-3-14(4-2)8-12(18)17(13(14)19)9-5-6-10(15)11(16)7-9/h5-7H,3-4,8,16H2,1-2H3. The van der Waals surface area contributed by atoms with Crippen molar-refractivity contribution < 1.29 is 9.59 Å². The Labute approximate surface area is 117 Å². The van der Waals surface area contributed by atoms with Gasteiger partial charge in [0, 0.05) is 6.42 Å². The molecule has 2 rings (SSSR count). The van der Waals surface area contributed by atoms with E-state index in [2.05, 4.69) is 0 Å². The zero-order chi connectivity index (χ0) is 14.2. The quantitative estimate of drug-likeness (QED) is 0.684. The molecule has 0 spiro atoms. The zero-order valence-electron chi connectivity index (χ0n) is 11.1. The van der Waals surface area contributed by atoms with E-state index in [1.807, 2.05) is 13.8 Å². The van der Waals surface area contributed by atoms with Gasteiger partial charge in [0.15, 0.2) is 0 Å². The number of imide groups is 1. The minimum absolute atomic E-state index is 0.135. The molecule has 1 aliphatic heterocycles. The number of carbonyl (C=O) groups excluding carboxylic acids is 2. The normalized spacial score (nSPS) is 18.2. The highest BCUT2D eigenvalue weighted by Crippen LogP contribution is 2.41. The molecule has 1 heterocycles. The third-order valence-corrected chi connectivity index (χ3v) is 4.33. The number of anilines is 2. The van der Waals surface area contributed by atoms with Crippen LogP contribution < -0.4 is 10.6 Å². The predicted octanol–water partition coefficient (Wildman–Crippen LogP) is 2.99. The van der Waals surface area contributed by atoms with Gasteiger partial charge in [0.2, 0.25) is 11.8 Å². The van der Waals surface area contributed by atoms with Crippen molar-refractivity contribution in [2.75, 3.05) is 10.6 Å². The average molecular weight is 281 g/mol. The first-order chi connectivity index (χ1) is 8.95. The number of halogens is 1. The van der Waals surface area contributed by atoms with Gasteiger partial charge in [-0.1, -0.05) is 25.4 Å². The summed E-state index contributed by atoms with van der Waals surface area (Å²) in [6.07, 6.45) is 1.59. The molecule has 5 heteroatoms. The van der Waals surface area contributed by atoms with Crippen LogP contribution in [-0.2, 0) is 9.59 Å². The molecule has 0 saturated carbocycles. The van der Waals surface area contributed by atoms with Gasteiger partial charge in [-0.2, -0.15) is 0 Å². The van der Waals surface area contributed by atoms with Gasteiger partial charge in [-0.3, -0.25) is 9.59 Å². The van der Waals surface area contributed by atoms with Crippen molar-refractivity contribution in [1.82, 2.24) is 0 Å². The molecule has 0 unspecified atom stereocenters. The monoisotopic (exact) mass is 280 g/mol. The first-order valence-electron chi connectivity index (χ1n) is 6.37. The van der Waals surface area contributed by atoms with Crippen LogP contribution in [0.1, 0.15) is 33.1 Å². The van der Waals surface area contributed by atoms with Crippen LogP contribution in [0.25, 0.3) is 0 Å². The molecule has 1 saturated heterocycles. The van der Waals surface area contributed by atoms with Gasteiger partial charge in [-0.05, 0) is 31.0 Å². The average Bonchev–Trinajstić information content (AvgIpc) is 2.65. The molecule has 1 aromatic rings. The van der Waals surface area contributed by atoms with E-state index < -0.39 is 5.41 Å². The molecule has 0 atom stereocenters. The van der Waals surface area contributed by atoms with Crippen molar-refractivity contribution in [2.45, 2.75) is 33.1 Å². The van der Waals surface area contributed by atoms with Gasteiger partial charge in [-0.25, -0.2) is 4.90 Å². The largest absolute Gasteiger partial charge is 0.397 e. The van der Waals surface area contributed by atoms with Crippen molar-refractivity contribution in [3.8, 4) is 0 Å². The molecule has 2 N–H and O–H groups in total. The Balaban J connectivity index is 2.43. The van der Waals surface area contributed by atoms with Crippen LogP contribution in [0.5, 0.6) is 0 Å². The molecular formula is C14H17ClN2O2. The molecule has 2 amide bonds. The number of hydrogen-bond acceptors (Lipinski definition) is 3. The number of rotatable bonds is 3. The number of benzene rings is 1. The Morgan fingerprint density at radius 3 is 2.42 bits per heavy atom. The smallest absolute Gasteiger partial charge is 0.240 e. The van der Waals surface area contributed by atoms with E-state index in [0.29, 0.717) is 29.2 Å². The van der Waals surface area contributed by atoms with Crippen molar-refractivity contribution in [2.24, 2.45) is 5.41 Å². The van der Waals surface area contributed by atoms with Crippen LogP contribution in [0.3, 0.4) is 0 Å². The minimum Gasteiger partial charge on any atom is -0.397 e. The third kappa shape index (κ3) is 2.10. The highest BCUT2D eigenvalue weighted by atomic mass is 35.5. The maximum atomic E-state index is 12.5. The second-order valence-electron chi connectivity index (χ2n) is 4.90. The Hall–Kier alpha value is -1.55. The number of hydrogen-bond donors (Lipinski definition) is 1. The van der Waals surface area contributed by atoms with Crippen molar-refractivity contribution >= 4 is 34.8 Å². The summed E-state index contributed by atoms with van der Waals surface area (Å²) in [5.74, 6) is -0.306. The van der Waals surface area contributed by atoms with Crippen LogP contribution >= 0.6 is 11.6 Å². The van der Waals surface area contributed by atoms with Gasteiger partial charge in [0.1, 0.15) is 0 Å². The summed E-state index contributed by atoms with van der Waals surface area (Å²) in [5, 5.41) is 0.417. The Morgan fingerprint density at radius 2 is 1.95 bits per heavy atom. The fourth-order valence-corrected chi connectivity index (χ4v) is 2.65. The third-order valence-electron chi connectivity index (χ3n) is 3.99. The topological polar surface area (TPSA) is 63.4 Å². The van der Waals surface area contributed by atoms with Gasteiger partial charge in [0.05, 0.1) is 21.8 Å². The summed E-state index contributed by atoms with van der Waals surface area (Å²) in [4.78, 5) is 25.9. The number of amides is 2. The van der Waals surface area contributed by atoms with Crippen LogP contribution in [0.4, 0.5) is 11.4 Å². The summed E-state index contributed by atoms with van der Waals surface area (Å²) < 4.78 is 0. The highest BCUT2D eigenvalue weighted by molar-refractivity contribution is 6.33. The SMILES string of the molecule is CCC1(CC)CC(=O)N(c2ccc(Cl)c(N)c2)C1=O. The van der Waals surface area contributed by atoms with E-state index in [4.69, 9.17) is 17.3 Å². The predicted molar refractivity (Wildman–Crippen MR) is 76.0 cm³/mol. The lowest BCUT2D eigenvalue weighted by Crippen LogP contribution is -2.35. The van der Waals surface area contributed by atoms with Gasteiger partial charge >= 0.3 is 0 Å². The van der Waals surface area contributed by atoms with E-state index in [1.54, 1.807) is 18.2 Å². The molecular weight excluding hydrogens is 264 g/mol. The maximum absolute atomic E-state index is 12.5. The van der Waals surface area contributed by atoms with Crippen LogP contribution in [0.15, 0.2) is 18.2 Å². The number of carbonyl (C=O) groups is 2. The molecule has 1 aliphatic rings. The van der Waals surface area contributed by atoms with Gasteiger partial charge in [0.25, 0.3) is 0 Å². The minimum atomic E-state index is -0.564. The molecule has 0 aromatic heterocycles. The number of nitrogens with two attached hydrogens (primary N) is 1. The lowest BCUT2D eigenvalue weighted by atomic mass is 9.81. The Morgan fingerprint density at radius 1 is 1.32 bits per heavy atom. The fraction of sp³-hybridized carbons (Fsp3) is 0.429. The lowest BCUT2D eigenvalue weighted by Gasteiger charge is -2.23. The number of nitrogen functional groups attached to an aromatic ring is 1. The van der Waals surface area contributed by atoms with Gasteiger partial charge in [-0.15, -0.1) is 0 Å². The second kappa shape index (κ2) is 4.85. The van der Waals surface area contributed by atoms with Crippen molar-refractivity contribution in [3.05, 3.63) is 23.2 Å². The Kier molecular flexibility index (Phi) is 3.54. The molecule has 4 nitrogen and oxygen atoms in total. The molecule has 1 fully saturated rings. The van der Waals surface area contributed by atoms with Crippen LogP contribution in [-0.4, -0.2) is 11.8 Å². The van der Waals surface area contributed by atoms with Crippen LogP contribution in [0.2, 0.25) is 5.02 Å². The number of nitrogens with zero attached hydrogens (tertiary/aromatic N) is 1. The molecule has 19 heavy (non-hydrogen) atoms.